The summed E-state index contributed by atoms with van der Waals surface area (Å²) in [5, 5.41) is 12.4. The lowest BCUT2D eigenvalue weighted by atomic mass is 10.3. The summed E-state index contributed by atoms with van der Waals surface area (Å²) in [4.78, 5) is 14.7. The number of carboxylic acid groups (broad SMARTS) is 1. The number of fused-ring (bicyclic) bond motifs is 1. The Morgan fingerprint density at radius 3 is 3.06 bits per heavy atom. The van der Waals surface area contributed by atoms with Crippen LogP contribution in [0.3, 0.4) is 0 Å². The maximum Gasteiger partial charge on any atom is 0.357 e. The number of carboxylic acids is 1. The quantitative estimate of drug-likeness (QED) is 0.885. The van der Waals surface area contributed by atoms with E-state index >= 15 is 0 Å². The van der Waals surface area contributed by atoms with Gasteiger partial charge in [0.15, 0.2) is 17.2 Å². The second kappa shape index (κ2) is 4.19. The molecule has 0 atom stereocenters. The molecule has 1 aliphatic heterocycles. The number of aromatic carboxylic acids is 1. The first kappa shape index (κ1) is 10.8. The summed E-state index contributed by atoms with van der Waals surface area (Å²) in [5.74, 6) is 0.268. The topological polar surface area (TPSA) is 80.7 Å². The number of hydrogen-bond donors (Lipinski definition) is 2. The van der Waals surface area contributed by atoms with Crippen LogP contribution in [-0.4, -0.2) is 22.9 Å². The number of hydrogen-bond acceptors (Lipinski definition) is 6. The van der Waals surface area contributed by atoms with Crippen LogP contribution in [0.1, 0.15) is 10.5 Å². The molecule has 2 aromatic rings. The molecule has 0 aliphatic carbocycles. The molecule has 7 heteroatoms. The van der Waals surface area contributed by atoms with Gasteiger partial charge in [-0.1, -0.05) is 0 Å². The Morgan fingerprint density at radius 1 is 1.39 bits per heavy atom. The number of carbonyl (C=O) groups is 1. The molecule has 0 unspecified atom stereocenters. The molecule has 6 nitrogen and oxygen atoms in total. The Bertz CT molecular complexity index is 611. The molecule has 2 N–H and O–H groups in total. The first-order valence-corrected chi connectivity index (χ1v) is 5.95. The number of nitrogens with one attached hydrogen (secondary N) is 1. The molecule has 92 valence electrons. The molecule has 2 heterocycles. The number of thiazole rings is 1. The van der Waals surface area contributed by atoms with Gasteiger partial charge < -0.3 is 19.9 Å². The van der Waals surface area contributed by atoms with Crippen molar-refractivity contribution >= 4 is 28.0 Å². The minimum atomic E-state index is -1.06. The van der Waals surface area contributed by atoms with Crippen LogP contribution in [0.5, 0.6) is 11.5 Å². The zero-order valence-electron chi connectivity index (χ0n) is 9.04. The zero-order chi connectivity index (χ0) is 12.5. The van der Waals surface area contributed by atoms with Gasteiger partial charge in [0.2, 0.25) is 6.79 Å². The summed E-state index contributed by atoms with van der Waals surface area (Å²) in [6.45, 7) is 0.208. The summed E-state index contributed by atoms with van der Waals surface area (Å²) in [7, 11) is 0. The van der Waals surface area contributed by atoms with Crippen LogP contribution in [-0.2, 0) is 0 Å². The van der Waals surface area contributed by atoms with Crippen molar-refractivity contribution in [1.82, 2.24) is 4.98 Å². The molecule has 0 saturated heterocycles. The van der Waals surface area contributed by atoms with Gasteiger partial charge in [-0.15, -0.1) is 11.3 Å². The van der Waals surface area contributed by atoms with Crippen molar-refractivity contribution in [3.63, 3.8) is 0 Å². The van der Waals surface area contributed by atoms with Crippen LogP contribution in [0, 0.1) is 0 Å². The Kier molecular flexibility index (Phi) is 2.52. The zero-order valence-corrected chi connectivity index (χ0v) is 9.86. The fraction of sp³-hybridized carbons (Fsp3) is 0.0909. The lowest BCUT2D eigenvalue weighted by Gasteiger charge is -2.05. The van der Waals surface area contributed by atoms with Gasteiger partial charge in [-0.05, 0) is 12.1 Å². The van der Waals surface area contributed by atoms with Gasteiger partial charge in [-0.25, -0.2) is 9.78 Å². The number of aromatic nitrogens is 1. The molecule has 0 saturated carbocycles. The van der Waals surface area contributed by atoms with E-state index in [1.165, 1.54) is 16.8 Å². The minimum absolute atomic E-state index is 0.0117. The van der Waals surface area contributed by atoms with Crippen molar-refractivity contribution in [1.29, 1.82) is 0 Å². The average molecular weight is 264 g/mol. The van der Waals surface area contributed by atoms with Gasteiger partial charge in [0.05, 0.1) is 5.51 Å². The smallest absolute Gasteiger partial charge is 0.357 e. The van der Waals surface area contributed by atoms with Gasteiger partial charge in [-0.3, -0.25) is 0 Å². The molecular formula is C11H8N2O4S. The molecule has 0 spiro atoms. The highest BCUT2D eigenvalue weighted by Crippen LogP contribution is 2.36. The van der Waals surface area contributed by atoms with Crippen LogP contribution in [0.2, 0.25) is 0 Å². The second-order valence-corrected chi connectivity index (χ2v) is 4.38. The molecule has 0 radical (unpaired) electrons. The fourth-order valence-electron chi connectivity index (χ4n) is 1.59. The normalized spacial score (nSPS) is 12.4. The van der Waals surface area contributed by atoms with E-state index in [1.54, 1.807) is 18.2 Å². The largest absolute Gasteiger partial charge is 0.476 e. The third-order valence-corrected chi connectivity index (χ3v) is 3.14. The molecule has 3 rings (SSSR count). The molecule has 18 heavy (non-hydrogen) atoms. The SMILES string of the molecule is O=C(O)c1ncsc1Nc1ccc2c(c1)OCO2. The van der Waals surface area contributed by atoms with Gasteiger partial charge in [0, 0.05) is 11.8 Å². The van der Waals surface area contributed by atoms with Crippen molar-refractivity contribution in [3.05, 3.63) is 29.4 Å². The van der Waals surface area contributed by atoms with Gasteiger partial charge in [-0.2, -0.15) is 0 Å². The summed E-state index contributed by atoms with van der Waals surface area (Å²) >= 11 is 1.23. The van der Waals surface area contributed by atoms with E-state index in [0.29, 0.717) is 16.5 Å². The molecular weight excluding hydrogens is 256 g/mol. The molecule has 1 aromatic heterocycles. The maximum absolute atomic E-state index is 10.9. The lowest BCUT2D eigenvalue weighted by Crippen LogP contribution is -2.00. The molecule has 0 fully saturated rings. The summed E-state index contributed by atoms with van der Waals surface area (Å²) in [5.41, 5.74) is 2.22. The van der Waals surface area contributed by atoms with Crippen LogP contribution < -0.4 is 14.8 Å². The van der Waals surface area contributed by atoms with E-state index in [0.717, 1.165) is 5.69 Å². The van der Waals surface area contributed by atoms with Gasteiger partial charge >= 0.3 is 5.97 Å². The van der Waals surface area contributed by atoms with Crippen LogP contribution >= 0.6 is 11.3 Å². The standard InChI is InChI=1S/C11H8N2O4S/c14-11(15)9-10(18-4-12-9)13-6-1-2-7-8(3-6)17-5-16-7/h1-4,13H,5H2,(H,14,15). The van der Waals surface area contributed by atoms with E-state index in [4.69, 9.17) is 14.6 Å². The van der Waals surface area contributed by atoms with Gasteiger partial charge in [0.1, 0.15) is 5.00 Å². The number of rotatable bonds is 3. The highest BCUT2D eigenvalue weighted by atomic mass is 32.1. The Hall–Kier alpha value is -2.28. The van der Waals surface area contributed by atoms with E-state index in [1.807, 2.05) is 0 Å². The van der Waals surface area contributed by atoms with Crippen molar-refractivity contribution in [2.45, 2.75) is 0 Å². The third-order valence-electron chi connectivity index (χ3n) is 2.40. The van der Waals surface area contributed by atoms with E-state index in [-0.39, 0.29) is 12.5 Å². The van der Waals surface area contributed by atoms with Crippen molar-refractivity contribution in [3.8, 4) is 11.5 Å². The maximum atomic E-state index is 10.9. The van der Waals surface area contributed by atoms with Crippen LogP contribution in [0.4, 0.5) is 10.7 Å². The van der Waals surface area contributed by atoms with Gasteiger partial charge in [0.25, 0.3) is 0 Å². The monoisotopic (exact) mass is 264 g/mol. The van der Waals surface area contributed by atoms with E-state index in [9.17, 15) is 4.79 Å². The summed E-state index contributed by atoms with van der Waals surface area (Å²) in [6.07, 6.45) is 0. The second-order valence-electron chi connectivity index (χ2n) is 3.53. The number of ether oxygens (including phenoxy) is 2. The average Bonchev–Trinajstić information content (AvgIpc) is 2.96. The predicted octanol–water partition coefficient (Wildman–Crippen LogP) is 2.31. The number of nitrogens with zero attached hydrogens (tertiary/aromatic N) is 1. The number of anilines is 2. The molecule has 1 aliphatic rings. The lowest BCUT2D eigenvalue weighted by molar-refractivity contribution is 0.0692. The Balaban J connectivity index is 1.88. The predicted molar refractivity (Wildman–Crippen MR) is 64.9 cm³/mol. The highest BCUT2D eigenvalue weighted by molar-refractivity contribution is 7.14. The van der Waals surface area contributed by atoms with Crippen molar-refractivity contribution < 1.29 is 19.4 Å². The number of benzene rings is 1. The van der Waals surface area contributed by atoms with E-state index < -0.39 is 5.97 Å². The highest BCUT2D eigenvalue weighted by Gasteiger charge is 2.16. The van der Waals surface area contributed by atoms with Crippen LogP contribution in [0.25, 0.3) is 0 Å². The van der Waals surface area contributed by atoms with Crippen molar-refractivity contribution in [2.24, 2.45) is 0 Å². The summed E-state index contributed by atoms with van der Waals surface area (Å²) < 4.78 is 10.4. The molecule has 0 amide bonds. The fourth-order valence-corrected chi connectivity index (χ4v) is 2.28. The first-order valence-electron chi connectivity index (χ1n) is 5.07. The summed E-state index contributed by atoms with van der Waals surface area (Å²) in [6, 6.07) is 5.32. The molecule has 0 bridgehead atoms. The van der Waals surface area contributed by atoms with Crippen LogP contribution in [0.15, 0.2) is 23.7 Å². The third kappa shape index (κ3) is 1.84. The molecule has 1 aromatic carbocycles. The Morgan fingerprint density at radius 2 is 2.22 bits per heavy atom. The van der Waals surface area contributed by atoms with Crippen molar-refractivity contribution in [2.75, 3.05) is 12.1 Å². The first-order chi connectivity index (χ1) is 8.74. The Labute approximate surface area is 106 Å². The minimum Gasteiger partial charge on any atom is -0.476 e. The van der Waals surface area contributed by atoms with E-state index in [2.05, 4.69) is 10.3 Å².